The minimum Gasteiger partial charge on any atom is -0.507 e. The molecule has 1 aliphatic rings. The maximum absolute atomic E-state index is 12.2. The zero-order valence-electron chi connectivity index (χ0n) is 11.4. The summed E-state index contributed by atoms with van der Waals surface area (Å²) >= 11 is 0. The van der Waals surface area contributed by atoms with Gasteiger partial charge in [-0.2, -0.15) is 0 Å². The number of carbonyl (C=O) groups is 2. The fraction of sp³-hybridized carbons (Fsp3) is 0.429. The largest absolute Gasteiger partial charge is 0.507 e. The summed E-state index contributed by atoms with van der Waals surface area (Å²) in [4.78, 5) is 24.2. The number of aryl methyl sites for hydroxylation is 1. The standard InChI is InChI=1S/C14H17NO5/c1-9-4-3-5-10(12(9)18)13(19)15-7-14(2,8-15)20-6-11(16)17/h3-5,18H,6-8H2,1-2H3,(H,16,17). The Morgan fingerprint density at radius 1 is 1.40 bits per heavy atom. The van der Waals surface area contributed by atoms with Crippen LogP contribution in [0.25, 0.3) is 0 Å². The van der Waals surface area contributed by atoms with Crippen LogP contribution in [0.1, 0.15) is 22.8 Å². The first-order chi connectivity index (χ1) is 9.32. The average Bonchev–Trinajstić information content (AvgIpc) is 2.35. The number of carbonyl (C=O) groups excluding carboxylic acids is 1. The second kappa shape index (κ2) is 5.13. The van der Waals surface area contributed by atoms with E-state index in [-0.39, 0.29) is 23.8 Å². The van der Waals surface area contributed by atoms with E-state index in [0.717, 1.165) is 0 Å². The Morgan fingerprint density at radius 2 is 2.05 bits per heavy atom. The Hall–Kier alpha value is -2.08. The van der Waals surface area contributed by atoms with E-state index in [1.807, 2.05) is 0 Å². The van der Waals surface area contributed by atoms with Gasteiger partial charge in [0.25, 0.3) is 5.91 Å². The number of hydrogen-bond acceptors (Lipinski definition) is 4. The number of phenols is 1. The Kier molecular flexibility index (Phi) is 3.67. The van der Waals surface area contributed by atoms with E-state index in [2.05, 4.69) is 0 Å². The van der Waals surface area contributed by atoms with Crippen molar-refractivity contribution in [2.75, 3.05) is 19.7 Å². The Morgan fingerprint density at radius 3 is 2.65 bits per heavy atom. The van der Waals surface area contributed by atoms with Crippen LogP contribution in [-0.4, -0.2) is 52.3 Å². The fourth-order valence-electron chi connectivity index (χ4n) is 2.23. The van der Waals surface area contributed by atoms with Gasteiger partial charge in [-0.25, -0.2) is 4.79 Å². The van der Waals surface area contributed by atoms with Gasteiger partial charge in [-0.3, -0.25) is 4.79 Å². The van der Waals surface area contributed by atoms with Crippen molar-refractivity contribution in [1.82, 2.24) is 4.90 Å². The van der Waals surface area contributed by atoms with Crippen LogP contribution < -0.4 is 0 Å². The van der Waals surface area contributed by atoms with Gasteiger partial charge in [0.1, 0.15) is 18.0 Å². The molecule has 1 aliphatic heterocycles. The first-order valence-corrected chi connectivity index (χ1v) is 6.26. The molecule has 1 saturated heterocycles. The number of hydrogen-bond donors (Lipinski definition) is 2. The van der Waals surface area contributed by atoms with Crippen molar-refractivity contribution in [2.24, 2.45) is 0 Å². The van der Waals surface area contributed by atoms with Crippen LogP contribution in [0.5, 0.6) is 5.75 Å². The molecule has 6 nitrogen and oxygen atoms in total. The minimum atomic E-state index is -1.03. The van der Waals surface area contributed by atoms with Crippen molar-refractivity contribution < 1.29 is 24.5 Å². The highest BCUT2D eigenvalue weighted by Crippen LogP contribution is 2.29. The summed E-state index contributed by atoms with van der Waals surface area (Å²) in [6.07, 6.45) is 0. The summed E-state index contributed by atoms with van der Waals surface area (Å²) in [5.41, 5.74) is 0.263. The molecule has 0 aliphatic carbocycles. The maximum atomic E-state index is 12.2. The van der Waals surface area contributed by atoms with E-state index in [9.17, 15) is 14.7 Å². The normalized spacial score (nSPS) is 16.6. The molecule has 6 heteroatoms. The van der Waals surface area contributed by atoms with E-state index in [4.69, 9.17) is 9.84 Å². The summed E-state index contributed by atoms with van der Waals surface area (Å²) in [5.74, 6) is -1.33. The fourth-order valence-corrected chi connectivity index (χ4v) is 2.23. The number of nitrogens with zero attached hydrogens (tertiary/aromatic N) is 1. The number of para-hydroxylation sites is 1. The van der Waals surface area contributed by atoms with Crippen molar-refractivity contribution in [3.63, 3.8) is 0 Å². The van der Waals surface area contributed by atoms with E-state index in [1.165, 1.54) is 4.90 Å². The van der Waals surface area contributed by atoms with E-state index >= 15 is 0 Å². The topological polar surface area (TPSA) is 87.1 Å². The molecule has 2 N–H and O–H groups in total. The highest BCUT2D eigenvalue weighted by molar-refractivity contribution is 5.97. The average molecular weight is 279 g/mol. The molecule has 108 valence electrons. The number of amides is 1. The van der Waals surface area contributed by atoms with E-state index in [0.29, 0.717) is 18.7 Å². The highest BCUT2D eigenvalue weighted by atomic mass is 16.5. The predicted octanol–water partition coefficient (Wildman–Crippen LogP) is 1.02. The van der Waals surface area contributed by atoms with E-state index < -0.39 is 11.6 Å². The SMILES string of the molecule is Cc1cccc(C(=O)N2CC(C)(OCC(=O)O)C2)c1O. The van der Waals surface area contributed by atoms with Gasteiger partial charge in [0.15, 0.2) is 0 Å². The molecular formula is C14H17NO5. The zero-order chi connectivity index (χ0) is 14.9. The van der Waals surface area contributed by atoms with Gasteiger partial charge in [0.2, 0.25) is 0 Å². The maximum Gasteiger partial charge on any atom is 0.329 e. The van der Waals surface area contributed by atoms with Gasteiger partial charge < -0.3 is 19.8 Å². The Bertz CT molecular complexity index is 548. The number of aliphatic carboxylic acids is 1. The van der Waals surface area contributed by atoms with Gasteiger partial charge >= 0.3 is 5.97 Å². The van der Waals surface area contributed by atoms with Gasteiger partial charge in [0.05, 0.1) is 18.7 Å². The van der Waals surface area contributed by atoms with Crippen molar-refractivity contribution in [3.05, 3.63) is 29.3 Å². The molecule has 0 radical (unpaired) electrons. The lowest BCUT2D eigenvalue weighted by atomic mass is 9.95. The highest BCUT2D eigenvalue weighted by Gasteiger charge is 2.43. The van der Waals surface area contributed by atoms with E-state index in [1.54, 1.807) is 32.0 Å². The molecule has 0 spiro atoms. The van der Waals surface area contributed by atoms with Crippen LogP contribution >= 0.6 is 0 Å². The smallest absolute Gasteiger partial charge is 0.329 e. The number of carboxylic acids is 1. The molecule has 20 heavy (non-hydrogen) atoms. The monoisotopic (exact) mass is 279 g/mol. The van der Waals surface area contributed by atoms with Crippen LogP contribution in [0.15, 0.2) is 18.2 Å². The summed E-state index contributed by atoms with van der Waals surface area (Å²) in [6, 6.07) is 5.00. The summed E-state index contributed by atoms with van der Waals surface area (Å²) in [6.45, 7) is 3.73. The van der Waals surface area contributed by atoms with Crippen molar-refractivity contribution in [1.29, 1.82) is 0 Å². The second-order valence-corrected chi connectivity index (χ2v) is 5.26. The molecule has 2 rings (SSSR count). The molecule has 0 atom stereocenters. The molecule has 0 unspecified atom stereocenters. The quantitative estimate of drug-likeness (QED) is 0.859. The molecule has 1 aromatic carbocycles. The van der Waals surface area contributed by atoms with Crippen LogP contribution in [-0.2, 0) is 9.53 Å². The van der Waals surface area contributed by atoms with Gasteiger partial charge in [-0.1, -0.05) is 12.1 Å². The third-order valence-corrected chi connectivity index (χ3v) is 3.35. The first kappa shape index (κ1) is 14.3. The summed E-state index contributed by atoms with van der Waals surface area (Å²) in [7, 11) is 0. The van der Waals surface area contributed by atoms with Crippen molar-refractivity contribution in [2.45, 2.75) is 19.4 Å². The lowest BCUT2D eigenvalue weighted by Gasteiger charge is -2.47. The van der Waals surface area contributed by atoms with Gasteiger partial charge in [0, 0.05) is 0 Å². The number of likely N-dealkylation sites (tertiary alicyclic amines) is 1. The molecule has 0 saturated carbocycles. The molecule has 0 bridgehead atoms. The second-order valence-electron chi connectivity index (χ2n) is 5.26. The minimum absolute atomic E-state index is 0.0162. The van der Waals surface area contributed by atoms with Crippen LogP contribution in [0.4, 0.5) is 0 Å². The first-order valence-electron chi connectivity index (χ1n) is 6.26. The lowest BCUT2D eigenvalue weighted by molar-refractivity contribution is -0.159. The molecule has 0 aromatic heterocycles. The number of aromatic hydroxyl groups is 1. The number of rotatable bonds is 4. The molecular weight excluding hydrogens is 262 g/mol. The molecule has 1 heterocycles. The summed E-state index contributed by atoms with van der Waals surface area (Å²) < 4.78 is 5.24. The predicted molar refractivity (Wildman–Crippen MR) is 70.7 cm³/mol. The number of phenolic OH excluding ortho intramolecular Hbond substituents is 1. The molecule has 1 amide bonds. The lowest BCUT2D eigenvalue weighted by Crippen LogP contribution is -2.63. The van der Waals surface area contributed by atoms with Crippen LogP contribution in [0.2, 0.25) is 0 Å². The number of benzene rings is 1. The number of carboxylic acid groups (broad SMARTS) is 1. The molecule has 1 fully saturated rings. The van der Waals surface area contributed by atoms with Crippen molar-refractivity contribution >= 4 is 11.9 Å². The third kappa shape index (κ3) is 2.75. The summed E-state index contributed by atoms with van der Waals surface area (Å²) in [5, 5.41) is 18.5. The van der Waals surface area contributed by atoms with Gasteiger partial charge in [-0.15, -0.1) is 0 Å². The van der Waals surface area contributed by atoms with Crippen LogP contribution in [0, 0.1) is 6.92 Å². The molecule has 1 aromatic rings. The zero-order valence-corrected chi connectivity index (χ0v) is 11.4. The third-order valence-electron chi connectivity index (χ3n) is 3.35. The van der Waals surface area contributed by atoms with Crippen molar-refractivity contribution in [3.8, 4) is 5.75 Å². The Balaban J connectivity index is 2.00. The number of ether oxygens (including phenoxy) is 1. The van der Waals surface area contributed by atoms with Gasteiger partial charge in [-0.05, 0) is 25.5 Å². The van der Waals surface area contributed by atoms with Crippen LogP contribution in [0.3, 0.4) is 0 Å². The Labute approximate surface area is 116 Å².